The number of esters is 1. The molecule has 0 saturated carbocycles. The summed E-state index contributed by atoms with van der Waals surface area (Å²) in [7, 11) is 4.82. The van der Waals surface area contributed by atoms with Crippen molar-refractivity contribution in [1.82, 2.24) is 10.3 Å². The molecule has 0 saturated heterocycles. The van der Waals surface area contributed by atoms with Crippen LogP contribution < -0.4 is 10.6 Å². The summed E-state index contributed by atoms with van der Waals surface area (Å²) in [5, 5.41) is 10.2. The van der Waals surface area contributed by atoms with Gasteiger partial charge in [0.25, 0.3) is 0 Å². The first-order valence-electron chi connectivity index (χ1n) is 5.91. The van der Waals surface area contributed by atoms with Gasteiger partial charge in [-0.3, -0.25) is 0 Å². The lowest BCUT2D eigenvalue weighted by molar-refractivity contribution is -0.132. The topological polar surface area (TPSA) is 84.8 Å². The number of carbonyl (C=O) groups excluding carboxylic acids is 1. The maximum absolute atomic E-state index is 11.7. The molecule has 0 fully saturated rings. The summed E-state index contributed by atoms with van der Waals surface area (Å²) in [6.07, 6.45) is 0.765. The van der Waals surface area contributed by atoms with Gasteiger partial charge in [0, 0.05) is 7.05 Å². The first-order valence-corrected chi connectivity index (χ1v) is 7.10. The number of hydrogen-bond donors (Lipinski definition) is 2. The molecule has 1 rings (SSSR count). The summed E-state index contributed by atoms with van der Waals surface area (Å²) in [6, 6.07) is 0. The molecule has 112 valence electrons. The van der Waals surface area contributed by atoms with E-state index < -0.39 is 5.97 Å². The largest absolute Gasteiger partial charge is 0.464 e. The smallest absolute Gasteiger partial charge is 0.362 e. The molecule has 0 atom stereocenters. The summed E-state index contributed by atoms with van der Waals surface area (Å²) < 4.78 is 5.01. The number of methoxy groups -OCH3 is 1. The van der Waals surface area contributed by atoms with E-state index in [9.17, 15) is 4.79 Å². The van der Waals surface area contributed by atoms with Gasteiger partial charge in [-0.15, -0.1) is 0 Å². The number of thiazole rings is 1. The zero-order chi connectivity index (χ0) is 15.0. The van der Waals surface area contributed by atoms with Crippen LogP contribution in [0.4, 0.5) is 5.13 Å². The number of nitrogens with zero attached hydrogens (tertiary/aromatic N) is 2. The van der Waals surface area contributed by atoms with Crippen molar-refractivity contribution in [2.45, 2.75) is 6.42 Å². The normalized spacial score (nSPS) is 11.3. The molecule has 2 N–H and O–H groups in total. The quantitative estimate of drug-likeness (QED) is 0.325. The molecule has 0 unspecified atom stereocenters. The standard InChI is InChI=1S/C11H17ClN4O3S/c1-13-5-4-6-19-16-8(10(17)18-3)7-9(12)20-11(14-2)15-7/h13H,4-6H2,1-3H3,(H,14,15)/b16-8+. The van der Waals surface area contributed by atoms with E-state index in [-0.39, 0.29) is 11.4 Å². The molecule has 1 aromatic heterocycles. The van der Waals surface area contributed by atoms with Crippen molar-refractivity contribution in [3.8, 4) is 0 Å². The van der Waals surface area contributed by atoms with Gasteiger partial charge in [-0.05, 0) is 20.0 Å². The first kappa shape index (κ1) is 16.7. The third kappa shape index (κ3) is 4.62. The molecule has 1 aromatic rings. The zero-order valence-electron chi connectivity index (χ0n) is 11.5. The van der Waals surface area contributed by atoms with E-state index in [4.69, 9.17) is 16.4 Å². The lowest BCUT2D eigenvalue weighted by atomic mass is 10.3. The highest BCUT2D eigenvalue weighted by atomic mass is 35.5. The molecule has 0 bridgehead atoms. The monoisotopic (exact) mass is 320 g/mol. The molecule has 20 heavy (non-hydrogen) atoms. The fraction of sp³-hybridized carbons (Fsp3) is 0.545. The minimum absolute atomic E-state index is 0.0419. The molecule has 0 aromatic carbocycles. The number of anilines is 1. The molecule has 0 aliphatic heterocycles. The second kappa shape index (κ2) is 8.72. The van der Waals surface area contributed by atoms with Crippen LogP contribution in [-0.4, -0.2) is 51.0 Å². The summed E-state index contributed by atoms with van der Waals surface area (Å²) in [6.45, 7) is 1.17. The van der Waals surface area contributed by atoms with Crippen LogP contribution in [0.25, 0.3) is 0 Å². The fourth-order valence-corrected chi connectivity index (χ4v) is 2.25. The molecule has 7 nitrogen and oxygen atoms in total. The van der Waals surface area contributed by atoms with E-state index in [1.807, 2.05) is 7.05 Å². The van der Waals surface area contributed by atoms with Crippen LogP contribution in [0.15, 0.2) is 5.16 Å². The molecule has 1 heterocycles. The van der Waals surface area contributed by atoms with Crippen molar-refractivity contribution < 1.29 is 14.4 Å². The Labute approximate surface area is 126 Å². The Bertz CT molecular complexity index is 478. The van der Waals surface area contributed by atoms with Crippen LogP contribution in [0.2, 0.25) is 4.34 Å². The van der Waals surface area contributed by atoms with Crippen LogP contribution in [0.5, 0.6) is 0 Å². The highest BCUT2D eigenvalue weighted by Gasteiger charge is 2.23. The molecule has 0 aliphatic carbocycles. The predicted molar refractivity (Wildman–Crippen MR) is 79.7 cm³/mol. The first-order chi connectivity index (χ1) is 9.63. The van der Waals surface area contributed by atoms with E-state index in [1.54, 1.807) is 7.05 Å². The Balaban J connectivity index is 2.85. The number of aromatic nitrogens is 1. The van der Waals surface area contributed by atoms with Crippen LogP contribution in [-0.2, 0) is 14.4 Å². The summed E-state index contributed by atoms with van der Waals surface area (Å²) in [4.78, 5) is 21.0. The van der Waals surface area contributed by atoms with E-state index in [1.165, 1.54) is 18.4 Å². The Morgan fingerprint density at radius 2 is 2.25 bits per heavy atom. The maximum atomic E-state index is 11.7. The number of ether oxygens (including phenoxy) is 1. The third-order valence-corrected chi connectivity index (χ3v) is 3.49. The maximum Gasteiger partial charge on any atom is 0.362 e. The number of halogens is 1. The Hall–Kier alpha value is -1.38. The summed E-state index contributed by atoms with van der Waals surface area (Å²) in [5.41, 5.74) is 0.209. The van der Waals surface area contributed by atoms with E-state index in [0.717, 1.165) is 13.0 Å². The molecule has 9 heteroatoms. The Morgan fingerprint density at radius 3 is 2.80 bits per heavy atom. The van der Waals surface area contributed by atoms with Gasteiger partial charge in [0.15, 0.2) is 5.13 Å². The van der Waals surface area contributed by atoms with Crippen molar-refractivity contribution in [2.24, 2.45) is 5.16 Å². The minimum Gasteiger partial charge on any atom is -0.464 e. The zero-order valence-corrected chi connectivity index (χ0v) is 13.1. The SMILES string of the molecule is CNCCCO/N=C(/C(=O)OC)c1nc(NC)sc1Cl. The number of hydrogen-bond acceptors (Lipinski definition) is 8. The Kier molecular flexibility index (Phi) is 7.27. The van der Waals surface area contributed by atoms with Gasteiger partial charge in [-0.25, -0.2) is 9.78 Å². The van der Waals surface area contributed by atoms with Crippen molar-refractivity contribution >= 4 is 39.8 Å². The highest BCUT2D eigenvalue weighted by molar-refractivity contribution is 7.19. The van der Waals surface area contributed by atoms with Crippen LogP contribution in [0.1, 0.15) is 12.1 Å². The lowest BCUT2D eigenvalue weighted by Crippen LogP contribution is -2.19. The molecule has 0 spiro atoms. The second-order valence-electron chi connectivity index (χ2n) is 3.61. The highest BCUT2D eigenvalue weighted by Crippen LogP contribution is 2.28. The van der Waals surface area contributed by atoms with Gasteiger partial charge in [-0.2, -0.15) is 0 Å². The van der Waals surface area contributed by atoms with E-state index in [0.29, 0.717) is 16.1 Å². The van der Waals surface area contributed by atoms with Crippen LogP contribution in [0, 0.1) is 0 Å². The average Bonchev–Trinajstić information content (AvgIpc) is 2.83. The summed E-state index contributed by atoms with van der Waals surface area (Å²) in [5.74, 6) is -0.645. The average molecular weight is 321 g/mol. The van der Waals surface area contributed by atoms with Gasteiger partial charge in [-0.1, -0.05) is 28.1 Å². The molecule has 0 radical (unpaired) electrons. The third-order valence-electron chi connectivity index (χ3n) is 2.22. The van der Waals surface area contributed by atoms with Crippen molar-refractivity contribution in [2.75, 3.05) is 39.7 Å². The van der Waals surface area contributed by atoms with Gasteiger partial charge >= 0.3 is 5.97 Å². The summed E-state index contributed by atoms with van der Waals surface area (Å²) >= 11 is 7.25. The van der Waals surface area contributed by atoms with E-state index >= 15 is 0 Å². The van der Waals surface area contributed by atoms with Crippen molar-refractivity contribution in [3.05, 3.63) is 10.0 Å². The molecular weight excluding hydrogens is 304 g/mol. The molecule has 0 amide bonds. The van der Waals surface area contributed by atoms with Gasteiger partial charge in [0.2, 0.25) is 5.71 Å². The van der Waals surface area contributed by atoms with Gasteiger partial charge < -0.3 is 20.2 Å². The van der Waals surface area contributed by atoms with Gasteiger partial charge in [0.1, 0.15) is 16.6 Å². The second-order valence-corrected chi connectivity index (χ2v) is 5.21. The number of oxime groups is 1. The lowest BCUT2D eigenvalue weighted by Gasteiger charge is -2.03. The van der Waals surface area contributed by atoms with Crippen LogP contribution in [0.3, 0.4) is 0 Å². The van der Waals surface area contributed by atoms with Crippen LogP contribution >= 0.6 is 22.9 Å². The Morgan fingerprint density at radius 1 is 1.50 bits per heavy atom. The number of rotatable bonds is 8. The molecular formula is C11H17ClN4O3S. The number of carbonyl (C=O) groups is 1. The van der Waals surface area contributed by atoms with Crippen molar-refractivity contribution in [3.63, 3.8) is 0 Å². The molecule has 0 aliphatic rings. The van der Waals surface area contributed by atoms with E-state index in [2.05, 4.69) is 25.5 Å². The van der Waals surface area contributed by atoms with Gasteiger partial charge in [0.05, 0.1) is 7.11 Å². The minimum atomic E-state index is -0.645. The van der Waals surface area contributed by atoms with Crippen molar-refractivity contribution in [1.29, 1.82) is 0 Å². The number of nitrogens with one attached hydrogen (secondary N) is 2. The predicted octanol–water partition coefficient (Wildman–Crippen LogP) is 1.34. The fourth-order valence-electron chi connectivity index (χ4n) is 1.25.